The molecular formula is C19H36N2O2. The Morgan fingerprint density at radius 2 is 1.39 bits per heavy atom. The van der Waals surface area contributed by atoms with Gasteiger partial charge in [0.1, 0.15) is 0 Å². The molecule has 4 heteroatoms. The van der Waals surface area contributed by atoms with E-state index in [1.807, 2.05) is 0 Å². The molecule has 134 valence electrons. The van der Waals surface area contributed by atoms with Crippen molar-refractivity contribution in [2.24, 2.45) is 0 Å². The second-order valence-electron chi connectivity index (χ2n) is 6.86. The average molecular weight is 325 g/mol. The van der Waals surface area contributed by atoms with E-state index in [1.54, 1.807) is 0 Å². The molecule has 0 amide bonds. The molecule has 1 heterocycles. The first-order valence-corrected chi connectivity index (χ1v) is 9.75. The first-order chi connectivity index (χ1) is 11.2. The largest absolute Gasteiger partial charge is 0.438 e. The van der Waals surface area contributed by atoms with Crippen molar-refractivity contribution in [1.82, 2.24) is 10.1 Å². The molecule has 0 aliphatic carbocycles. The highest BCUT2D eigenvalue weighted by Crippen LogP contribution is 2.34. The van der Waals surface area contributed by atoms with Crippen molar-refractivity contribution in [3.05, 3.63) is 16.4 Å². The maximum absolute atomic E-state index is 11.2. The number of nitrogens with zero attached hydrogens (tertiary/aromatic N) is 1. The normalized spacial score (nSPS) is 12.0. The van der Waals surface area contributed by atoms with Crippen LogP contribution in [0.4, 0.5) is 0 Å². The fraction of sp³-hybridized carbons (Fsp3) is 0.895. The lowest BCUT2D eigenvalue weighted by Gasteiger charge is -2.28. The van der Waals surface area contributed by atoms with E-state index in [0.29, 0.717) is 0 Å². The molecule has 0 spiro atoms. The van der Waals surface area contributed by atoms with E-state index in [4.69, 9.17) is 4.52 Å². The molecule has 0 saturated heterocycles. The Bertz CT molecular complexity index is 446. The summed E-state index contributed by atoms with van der Waals surface area (Å²) in [5.41, 5.74) is -0.0215. The Hall–Kier alpha value is -1.06. The van der Waals surface area contributed by atoms with Crippen LogP contribution >= 0.6 is 0 Å². The van der Waals surface area contributed by atoms with Gasteiger partial charge in [-0.15, -0.1) is 0 Å². The number of H-pyrrole nitrogens is 1. The van der Waals surface area contributed by atoms with Gasteiger partial charge in [0.25, 0.3) is 0 Å². The number of hydrogen-bond donors (Lipinski definition) is 1. The van der Waals surface area contributed by atoms with Gasteiger partial charge in [-0.2, -0.15) is 0 Å². The highest BCUT2D eigenvalue weighted by atomic mass is 16.5. The average Bonchev–Trinajstić information content (AvgIpc) is 3.00. The van der Waals surface area contributed by atoms with Gasteiger partial charge in [-0.25, -0.2) is 4.79 Å². The molecule has 1 aromatic rings. The number of aromatic amines is 1. The molecule has 0 fully saturated rings. The van der Waals surface area contributed by atoms with Crippen LogP contribution in [0.1, 0.15) is 110 Å². The van der Waals surface area contributed by atoms with Crippen molar-refractivity contribution in [3.63, 3.8) is 0 Å². The van der Waals surface area contributed by atoms with Crippen LogP contribution in [0, 0.1) is 0 Å². The first-order valence-electron chi connectivity index (χ1n) is 9.75. The first kappa shape index (κ1) is 20.0. The molecular weight excluding hydrogens is 288 g/mol. The second-order valence-corrected chi connectivity index (χ2v) is 6.86. The minimum Gasteiger partial charge on any atom is -0.296 e. The molecule has 23 heavy (non-hydrogen) atoms. The predicted molar refractivity (Wildman–Crippen MR) is 95.8 cm³/mol. The maximum atomic E-state index is 11.2. The Kier molecular flexibility index (Phi) is 9.97. The molecule has 0 aromatic carbocycles. The third kappa shape index (κ3) is 6.92. The number of aromatic nitrogens is 2. The van der Waals surface area contributed by atoms with Crippen LogP contribution in [0.3, 0.4) is 0 Å². The fourth-order valence-electron chi connectivity index (χ4n) is 3.47. The monoisotopic (exact) mass is 324 g/mol. The SMILES string of the molecule is CCCCCCCCCCCCC(CC)(CC)c1noc(=O)[nH]1. The summed E-state index contributed by atoms with van der Waals surface area (Å²) in [6, 6.07) is 0. The van der Waals surface area contributed by atoms with Crippen LogP contribution in [0.5, 0.6) is 0 Å². The van der Waals surface area contributed by atoms with Gasteiger partial charge in [0.15, 0.2) is 5.82 Å². The van der Waals surface area contributed by atoms with Crippen molar-refractivity contribution >= 4 is 0 Å². The Balaban J connectivity index is 2.20. The molecule has 0 aliphatic rings. The summed E-state index contributed by atoms with van der Waals surface area (Å²) >= 11 is 0. The van der Waals surface area contributed by atoms with Crippen LogP contribution in [0.2, 0.25) is 0 Å². The zero-order valence-corrected chi connectivity index (χ0v) is 15.5. The minimum atomic E-state index is -0.436. The Labute approximate surface area is 141 Å². The highest BCUT2D eigenvalue weighted by Gasteiger charge is 2.32. The van der Waals surface area contributed by atoms with E-state index >= 15 is 0 Å². The van der Waals surface area contributed by atoms with Crippen molar-refractivity contribution in [2.75, 3.05) is 0 Å². The van der Waals surface area contributed by atoms with Gasteiger partial charge in [0, 0.05) is 5.41 Å². The summed E-state index contributed by atoms with van der Waals surface area (Å²) in [7, 11) is 0. The summed E-state index contributed by atoms with van der Waals surface area (Å²) in [5, 5.41) is 3.95. The van der Waals surface area contributed by atoms with Gasteiger partial charge in [-0.1, -0.05) is 90.1 Å². The molecule has 0 aliphatic heterocycles. The predicted octanol–water partition coefficient (Wildman–Crippen LogP) is 5.73. The van der Waals surface area contributed by atoms with E-state index < -0.39 is 5.76 Å². The molecule has 0 unspecified atom stereocenters. The van der Waals surface area contributed by atoms with Crippen LogP contribution in [0.15, 0.2) is 9.32 Å². The highest BCUT2D eigenvalue weighted by molar-refractivity contribution is 5.04. The van der Waals surface area contributed by atoms with Crippen LogP contribution in [-0.2, 0) is 5.41 Å². The number of hydrogen-bond acceptors (Lipinski definition) is 3. The Morgan fingerprint density at radius 1 is 0.870 bits per heavy atom. The van der Waals surface area contributed by atoms with Gasteiger partial charge in [0.05, 0.1) is 0 Å². The standard InChI is InChI=1S/C19H36N2O2/c1-4-7-8-9-10-11-12-13-14-15-16-19(5-2,6-3)17-20-18(22)23-21-17/h4-16H2,1-3H3,(H,20,21,22). The minimum absolute atomic E-state index is 0.0215. The molecule has 1 rings (SSSR count). The third-order valence-corrected chi connectivity index (χ3v) is 5.31. The van der Waals surface area contributed by atoms with Crippen LogP contribution in [0.25, 0.3) is 0 Å². The van der Waals surface area contributed by atoms with Crippen LogP contribution < -0.4 is 5.76 Å². The smallest absolute Gasteiger partial charge is 0.296 e. The molecule has 0 saturated carbocycles. The summed E-state index contributed by atoms with van der Waals surface area (Å²) in [4.78, 5) is 14.0. The van der Waals surface area contributed by atoms with Gasteiger partial charge >= 0.3 is 5.76 Å². The van der Waals surface area contributed by atoms with Crippen molar-refractivity contribution < 1.29 is 4.52 Å². The van der Waals surface area contributed by atoms with Crippen molar-refractivity contribution in [3.8, 4) is 0 Å². The van der Waals surface area contributed by atoms with Crippen LogP contribution in [-0.4, -0.2) is 10.1 Å². The topological polar surface area (TPSA) is 58.9 Å². The van der Waals surface area contributed by atoms with Gasteiger partial charge in [-0.05, 0) is 19.3 Å². The van der Waals surface area contributed by atoms with E-state index in [9.17, 15) is 4.79 Å². The second kappa shape index (κ2) is 11.5. The van der Waals surface area contributed by atoms with E-state index in [2.05, 4.69) is 30.9 Å². The lowest BCUT2D eigenvalue weighted by molar-refractivity contribution is 0.305. The van der Waals surface area contributed by atoms with Crippen molar-refractivity contribution in [1.29, 1.82) is 0 Å². The van der Waals surface area contributed by atoms with E-state index in [-0.39, 0.29) is 5.41 Å². The molecule has 0 atom stereocenters. The van der Waals surface area contributed by atoms with E-state index in [0.717, 1.165) is 25.1 Å². The fourth-order valence-corrected chi connectivity index (χ4v) is 3.47. The molecule has 4 nitrogen and oxygen atoms in total. The lowest BCUT2D eigenvalue weighted by atomic mass is 9.77. The number of unbranched alkanes of at least 4 members (excludes halogenated alkanes) is 9. The van der Waals surface area contributed by atoms with Gasteiger partial charge in [-0.3, -0.25) is 9.51 Å². The lowest BCUT2D eigenvalue weighted by Crippen LogP contribution is -2.26. The zero-order valence-electron chi connectivity index (χ0n) is 15.5. The quantitative estimate of drug-likeness (QED) is 0.444. The Morgan fingerprint density at radius 3 is 1.83 bits per heavy atom. The maximum Gasteiger partial charge on any atom is 0.438 e. The molecule has 0 radical (unpaired) electrons. The summed E-state index contributed by atoms with van der Waals surface area (Å²) in [5.74, 6) is 0.303. The van der Waals surface area contributed by atoms with E-state index in [1.165, 1.54) is 64.2 Å². The zero-order chi connectivity index (χ0) is 17.0. The molecule has 1 N–H and O–H groups in total. The third-order valence-electron chi connectivity index (χ3n) is 5.31. The number of nitrogens with one attached hydrogen (secondary N) is 1. The summed E-state index contributed by atoms with van der Waals surface area (Å²) in [6.45, 7) is 6.61. The molecule has 1 aromatic heterocycles. The van der Waals surface area contributed by atoms with Gasteiger partial charge in [0.2, 0.25) is 0 Å². The van der Waals surface area contributed by atoms with Gasteiger partial charge < -0.3 is 0 Å². The summed E-state index contributed by atoms with van der Waals surface area (Å²) in [6.07, 6.45) is 16.5. The van der Waals surface area contributed by atoms with Crippen molar-refractivity contribution in [2.45, 2.75) is 110 Å². The molecule has 0 bridgehead atoms. The summed E-state index contributed by atoms with van der Waals surface area (Å²) < 4.78 is 4.71. The number of rotatable bonds is 14.